The minimum atomic E-state index is -5.18. The fourth-order valence-corrected chi connectivity index (χ4v) is 5.85. The van der Waals surface area contributed by atoms with Gasteiger partial charge in [0.2, 0.25) is 0 Å². The first-order valence-corrected chi connectivity index (χ1v) is 15.7. The molecule has 0 saturated heterocycles. The van der Waals surface area contributed by atoms with Crippen LogP contribution in [-0.2, 0) is 67.6 Å². The number of rotatable bonds is 6. The van der Waals surface area contributed by atoms with E-state index >= 15 is 0 Å². The third-order valence-corrected chi connectivity index (χ3v) is 9.45. The molecule has 18 nitrogen and oxygen atoms in total. The van der Waals surface area contributed by atoms with E-state index in [1.54, 1.807) is 0 Å². The van der Waals surface area contributed by atoms with Crippen LogP contribution in [0.3, 0.4) is 0 Å². The quantitative estimate of drug-likeness (QED) is 0.185. The zero-order valence-electron chi connectivity index (χ0n) is 13.5. The maximum absolute atomic E-state index is 9.70. The van der Waals surface area contributed by atoms with Crippen molar-refractivity contribution in [1.29, 1.82) is 0 Å². The summed E-state index contributed by atoms with van der Waals surface area (Å²) in [5.74, 6) is -5.24. The SMILES string of the molecule is O=P([O-])(O)CP(=O)([O-])O.O=P([O-])([O-])CP(=O)([O-])[O-].O=P([O-])([O-])CP(=O)([O-])[O-].[99Tc+4].[99Tc+4].[Sn+2]. The van der Waals surface area contributed by atoms with E-state index in [0.29, 0.717) is 0 Å². The second-order valence-corrected chi connectivity index (χ2v) is 15.0. The van der Waals surface area contributed by atoms with Crippen LogP contribution in [0.5, 0.6) is 0 Å². The molecule has 0 aromatic carbocycles. The molecule has 27 heteroatoms. The molecule has 0 aliphatic rings. The van der Waals surface area contributed by atoms with Crippen molar-refractivity contribution in [1.82, 2.24) is 0 Å². The molecule has 0 amide bonds. The van der Waals surface area contributed by atoms with E-state index in [-0.39, 0.29) is 64.1 Å². The van der Waals surface area contributed by atoms with Crippen LogP contribution in [0.25, 0.3) is 0 Å². The Morgan fingerprint density at radius 1 is 0.433 bits per heavy atom. The predicted molar refractivity (Wildman–Crippen MR) is 70.4 cm³/mol. The first-order valence-electron chi connectivity index (χ1n) is 5.22. The second-order valence-electron chi connectivity index (χ2n) is 4.14. The summed E-state index contributed by atoms with van der Waals surface area (Å²) in [6.07, 6.45) is 0. The van der Waals surface area contributed by atoms with Gasteiger partial charge in [0.15, 0.2) is 0 Å². The summed E-state index contributed by atoms with van der Waals surface area (Å²) in [6.45, 7) is 0. The largest absolute Gasteiger partial charge is 4.00 e. The smallest absolute Gasteiger partial charge is 0.810 e. The molecule has 2 N–H and O–H groups in total. The van der Waals surface area contributed by atoms with E-state index in [2.05, 4.69) is 0 Å². The molecule has 0 heterocycles. The molecule has 0 rings (SSSR count). The van der Waals surface area contributed by atoms with Gasteiger partial charge in [-0.25, -0.2) is 0 Å². The standard InChI is InChI=1S/3CH6O6P2.Sn.2Tc/c3*2-8(3,4)1-9(5,6)7;;;/h3*1H2,(H2,2,3,4)(H2,5,6,7);;;/q;;;+2;2*+4/p-10/i;;;;2*1+1. The third-order valence-electron chi connectivity index (χ3n) is 1.05. The zero-order chi connectivity index (χ0) is 23.1. The Kier molecular flexibility index (Phi) is 26.9. The monoisotopic (exact) mass is 836 g/mol. The van der Waals surface area contributed by atoms with E-state index in [1.165, 1.54) is 0 Å². The van der Waals surface area contributed by atoms with Gasteiger partial charge < -0.3 is 86.1 Å². The molecule has 0 aliphatic carbocycles. The summed E-state index contributed by atoms with van der Waals surface area (Å²) in [7, 11) is -30.4. The molecule has 30 heavy (non-hydrogen) atoms. The first kappa shape index (κ1) is 46.4. The Hall–Kier alpha value is 3.00. The average molecular weight is 834 g/mol. The van der Waals surface area contributed by atoms with Gasteiger partial charge in [-0.3, -0.25) is 0 Å². The van der Waals surface area contributed by atoms with Gasteiger partial charge in [-0.15, -0.1) is 0 Å². The van der Waals surface area contributed by atoms with Crippen LogP contribution in [0.2, 0.25) is 0 Å². The van der Waals surface area contributed by atoms with E-state index in [4.69, 9.17) is 9.79 Å². The first-order chi connectivity index (χ1) is 11.1. The number of hydrogen-bond acceptors (Lipinski definition) is 16. The van der Waals surface area contributed by atoms with Crippen molar-refractivity contribution < 1.29 is 126 Å². The Morgan fingerprint density at radius 3 is 0.567 bits per heavy atom. The van der Waals surface area contributed by atoms with Crippen molar-refractivity contribution in [3.8, 4) is 0 Å². The van der Waals surface area contributed by atoms with E-state index < -0.39 is 63.3 Å². The van der Waals surface area contributed by atoms with Gasteiger partial charge >= 0.3 is 64.1 Å². The van der Waals surface area contributed by atoms with E-state index in [9.17, 15) is 76.3 Å². The van der Waals surface area contributed by atoms with Gasteiger partial charge in [-0.1, -0.05) is 30.4 Å². The fourth-order valence-electron chi connectivity index (χ4n) is 0.650. The Balaban J connectivity index is -0.0000000686. The van der Waals surface area contributed by atoms with Gasteiger partial charge in [0.1, 0.15) is 15.2 Å². The molecule has 0 aliphatic heterocycles. The van der Waals surface area contributed by atoms with Crippen molar-refractivity contribution in [3.63, 3.8) is 0 Å². The van der Waals surface area contributed by atoms with E-state index in [1.807, 2.05) is 0 Å². The van der Waals surface area contributed by atoms with Crippen LogP contribution in [0.15, 0.2) is 0 Å². The van der Waals surface area contributed by atoms with Gasteiger partial charge in [-0.2, -0.15) is 0 Å². The predicted octanol–water partition coefficient (Wildman–Crippen LogP) is -8.81. The van der Waals surface area contributed by atoms with Crippen molar-refractivity contribution in [2.75, 3.05) is 17.7 Å². The van der Waals surface area contributed by atoms with E-state index in [0.717, 1.165) is 0 Å². The van der Waals surface area contributed by atoms with Crippen molar-refractivity contribution in [3.05, 3.63) is 0 Å². The van der Waals surface area contributed by atoms with Gasteiger partial charge in [0.25, 0.3) is 0 Å². The van der Waals surface area contributed by atoms with Crippen molar-refractivity contribution >= 4 is 69.5 Å². The molecule has 0 fully saturated rings. The summed E-state index contributed by atoms with van der Waals surface area (Å²) in [5, 5.41) is 0. The molecule has 0 bridgehead atoms. The van der Waals surface area contributed by atoms with Gasteiger partial charge in [0.05, 0.1) is 5.90 Å². The molecule has 176 valence electrons. The molecule has 0 saturated carbocycles. The summed E-state index contributed by atoms with van der Waals surface area (Å²) in [5.41, 5.74) is 0. The van der Waals surface area contributed by atoms with Gasteiger partial charge in [0, 0.05) is 11.8 Å². The van der Waals surface area contributed by atoms with Crippen molar-refractivity contribution in [2.24, 2.45) is 0 Å². The summed E-state index contributed by atoms with van der Waals surface area (Å²) in [4.78, 5) is 111. The molecular weight excluding hydrogens is 826 g/mol. The Bertz CT molecular complexity index is 571. The molecule has 2 atom stereocenters. The normalized spacial score (nSPS) is 15.6. The maximum atomic E-state index is 9.70. The van der Waals surface area contributed by atoms with Crippen LogP contribution in [0.1, 0.15) is 0 Å². The summed E-state index contributed by atoms with van der Waals surface area (Å²) >= 11 is 0. The van der Waals surface area contributed by atoms with Crippen LogP contribution in [0, 0.1) is 0 Å². The minimum absolute atomic E-state index is 0. The molecule has 2 unspecified atom stereocenters. The molecular formula is C3H8O18P6SnTc2. The minimum Gasteiger partial charge on any atom is -0.810 e. The van der Waals surface area contributed by atoms with Crippen molar-refractivity contribution in [2.45, 2.75) is 0 Å². The van der Waals surface area contributed by atoms with Crippen LogP contribution >= 0.6 is 45.6 Å². The molecule has 0 spiro atoms. The van der Waals surface area contributed by atoms with Crippen LogP contribution in [0.4, 0.5) is 0 Å². The summed E-state index contributed by atoms with van der Waals surface area (Å²) < 4.78 is 57.6. The molecule has 4 radical (unpaired) electrons. The fraction of sp³-hybridized carbons (Fsp3) is 1.00. The topological polar surface area (TPSA) is 373 Å². The molecule has 0 aromatic heterocycles. The second kappa shape index (κ2) is 17.4. The average Bonchev–Trinajstić information content (AvgIpc) is 1.96. The van der Waals surface area contributed by atoms with Crippen LogP contribution in [-0.4, -0.2) is 51.4 Å². The number of hydrogen-bond donors (Lipinski definition) is 2. The Labute approximate surface area is 212 Å². The van der Waals surface area contributed by atoms with Crippen LogP contribution < -0.4 is 48.9 Å². The zero-order valence-corrected chi connectivity index (χ0v) is 25.4. The summed E-state index contributed by atoms with van der Waals surface area (Å²) in [6, 6.07) is 0. The van der Waals surface area contributed by atoms with Gasteiger partial charge in [-0.05, 0) is 0 Å². The third kappa shape index (κ3) is 63.3. The molecule has 0 aromatic rings. The Morgan fingerprint density at radius 2 is 0.567 bits per heavy atom. The maximum Gasteiger partial charge on any atom is 4.00 e.